The SMILES string of the molecule is COC(=O)c1nc2c(nc(Cl)c3ncn(C)c32)s1. The van der Waals surface area contributed by atoms with Crippen LogP contribution in [-0.4, -0.2) is 32.6 Å². The van der Waals surface area contributed by atoms with Crippen LogP contribution in [0, 0.1) is 0 Å². The highest BCUT2D eigenvalue weighted by Crippen LogP contribution is 2.30. The van der Waals surface area contributed by atoms with Crippen molar-refractivity contribution in [2.45, 2.75) is 0 Å². The monoisotopic (exact) mass is 282 g/mol. The molecule has 3 aromatic rings. The fraction of sp³-hybridized carbons (Fsp3) is 0.200. The zero-order chi connectivity index (χ0) is 12.9. The first-order chi connectivity index (χ1) is 8.61. The van der Waals surface area contributed by atoms with Gasteiger partial charge in [0.1, 0.15) is 21.4 Å². The Morgan fingerprint density at radius 2 is 2.22 bits per heavy atom. The Morgan fingerprint density at radius 1 is 1.44 bits per heavy atom. The van der Waals surface area contributed by atoms with E-state index >= 15 is 0 Å². The van der Waals surface area contributed by atoms with Crippen LogP contribution >= 0.6 is 22.9 Å². The summed E-state index contributed by atoms with van der Waals surface area (Å²) in [7, 11) is 3.15. The molecule has 8 heteroatoms. The maximum atomic E-state index is 11.5. The van der Waals surface area contributed by atoms with Crippen molar-refractivity contribution in [2.75, 3.05) is 7.11 Å². The molecule has 0 aliphatic heterocycles. The molecule has 0 fully saturated rings. The van der Waals surface area contributed by atoms with Gasteiger partial charge in [-0.3, -0.25) is 0 Å². The molecule has 3 aromatic heterocycles. The average molecular weight is 283 g/mol. The van der Waals surface area contributed by atoms with Gasteiger partial charge in [-0.2, -0.15) is 0 Å². The Labute approximate surface area is 110 Å². The summed E-state index contributed by atoms with van der Waals surface area (Å²) in [4.78, 5) is 24.7. The molecule has 0 aromatic carbocycles. The van der Waals surface area contributed by atoms with Crippen LogP contribution in [0.1, 0.15) is 9.80 Å². The molecule has 6 nitrogen and oxygen atoms in total. The molecule has 0 aliphatic rings. The summed E-state index contributed by atoms with van der Waals surface area (Å²) in [6.45, 7) is 0. The maximum Gasteiger partial charge on any atom is 0.367 e. The van der Waals surface area contributed by atoms with Crippen molar-refractivity contribution in [1.29, 1.82) is 0 Å². The molecule has 0 bridgehead atoms. The number of hydrogen-bond donors (Lipinski definition) is 0. The predicted molar refractivity (Wildman–Crippen MR) is 68.0 cm³/mol. The Kier molecular flexibility index (Phi) is 2.46. The minimum Gasteiger partial charge on any atom is -0.464 e. The summed E-state index contributed by atoms with van der Waals surface area (Å²) in [5, 5.41) is 0.558. The Morgan fingerprint density at radius 3 is 2.94 bits per heavy atom. The normalized spacial score (nSPS) is 11.3. The van der Waals surface area contributed by atoms with Crippen LogP contribution in [0.15, 0.2) is 6.33 Å². The number of thiazole rings is 1. The van der Waals surface area contributed by atoms with Gasteiger partial charge in [-0.1, -0.05) is 22.9 Å². The quantitative estimate of drug-likeness (QED) is 0.504. The van der Waals surface area contributed by atoms with E-state index in [-0.39, 0.29) is 5.01 Å². The first kappa shape index (κ1) is 11.4. The summed E-state index contributed by atoms with van der Waals surface area (Å²) in [5.41, 5.74) is 1.95. The lowest BCUT2D eigenvalue weighted by molar-refractivity contribution is 0.0600. The van der Waals surface area contributed by atoms with E-state index in [9.17, 15) is 4.79 Å². The molecule has 0 radical (unpaired) electrons. The summed E-state index contributed by atoms with van der Waals surface area (Å²) < 4.78 is 6.44. The number of nitrogens with zero attached hydrogens (tertiary/aromatic N) is 4. The summed E-state index contributed by atoms with van der Waals surface area (Å²) in [5.74, 6) is -0.482. The molecule has 0 atom stereocenters. The zero-order valence-corrected chi connectivity index (χ0v) is 11.0. The molecule has 3 rings (SSSR count). The molecule has 0 N–H and O–H groups in total. The van der Waals surface area contributed by atoms with Gasteiger partial charge in [-0.05, 0) is 0 Å². The molecule has 0 saturated heterocycles. The van der Waals surface area contributed by atoms with Crippen LogP contribution in [0.25, 0.3) is 21.4 Å². The summed E-state index contributed by atoms with van der Waals surface area (Å²) >= 11 is 7.20. The van der Waals surface area contributed by atoms with Gasteiger partial charge in [-0.15, -0.1) is 0 Å². The van der Waals surface area contributed by atoms with Crippen molar-refractivity contribution >= 4 is 50.3 Å². The third-order valence-electron chi connectivity index (χ3n) is 2.53. The number of carbonyl (C=O) groups excluding carboxylic acids is 1. The highest BCUT2D eigenvalue weighted by atomic mass is 35.5. The summed E-state index contributed by atoms with van der Waals surface area (Å²) in [6.07, 6.45) is 1.63. The fourth-order valence-corrected chi connectivity index (χ4v) is 2.85. The van der Waals surface area contributed by atoms with Crippen LogP contribution in [-0.2, 0) is 11.8 Å². The van der Waals surface area contributed by atoms with Crippen LogP contribution in [0.2, 0.25) is 5.15 Å². The molecule has 3 heterocycles. The van der Waals surface area contributed by atoms with Crippen molar-refractivity contribution in [3.05, 3.63) is 16.5 Å². The van der Waals surface area contributed by atoms with Crippen molar-refractivity contribution in [2.24, 2.45) is 7.05 Å². The number of aromatic nitrogens is 4. The van der Waals surface area contributed by atoms with Crippen LogP contribution in [0.3, 0.4) is 0 Å². The lowest BCUT2D eigenvalue weighted by atomic mass is 10.4. The highest BCUT2D eigenvalue weighted by Gasteiger charge is 2.19. The van der Waals surface area contributed by atoms with E-state index in [1.807, 2.05) is 7.05 Å². The van der Waals surface area contributed by atoms with Crippen LogP contribution in [0.4, 0.5) is 0 Å². The van der Waals surface area contributed by atoms with Crippen molar-refractivity contribution < 1.29 is 9.53 Å². The number of esters is 1. The van der Waals surface area contributed by atoms with Gasteiger partial charge in [0, 0.05) is 7.05 Å². The molecule has 18 heavy (non-hydrogen) atoms. The third-order valence-corrected chi connectivity index (χ3v) is 3.72. The molecule has 0 amide bonds. The second-order valence-corrected chi connectivity index (χ2v) is 4.96. The number of fused-ring (bicyclic) bond motifs is 3. The topological polar surface area (TPSA) is 69.9 Å². The summed E-state index contributed by atoms with van der Waals surface area (Å²) in [6, 6.07) is 0. The number of hydrogen-bond acceptors (Lipinski definition) is 6. The number of pyridine rings is 1. The van der Waals surface area contributed by atoms with Crippen LogP contribution in [0.5, 0.6) is 0 Å². The number of ether oxygens (including phenoxy) is 1. The number of aryl methyl sites for hydroxylation is 1. The lowest BCUT2D eigenvalue weighted by Crippen LogP contribution is -1.99. The standard InChI is InChI=1S/C10H7ClN4O2S/c1-15-3-12-4-6(15)5-8(14-7(4)11)18-9(13-5)10(16)17-2/h3H,1-2H3. The number of imidazole rings is 1. The van der Waals surface area contributed by atoms with Gasteiger partial charge in [0.15, 0.2) is 5.15 Å². The van der Waals surface area contributed by atoms with Crippen LogP contribution < -0.4 is 0 Å². The number of methoxy groups -OCH3 is 1. The van der Waals surface area contributed by atoms with Crippen molar-refractivity contribution in [1.82, 2.24) is 19.5 Å². The smallest absolute Gasteiger partial charge is 0.367 e. The van der Waals surface area contributed by atoms with E-state index in [1.165, 1.54) is 7.11 Å². The Balaban J connectivity index is 2.42. The number of rotatable bonds is 1. The lowest BCUT2D eigenvalue weighted by Gasteiger charge is -1.96. The molecular weight excluding hydrogens is 276 g/mol. The van der Waals surface area contributed by atoms with E-state index < -0.39 is 5.97 Å². The Hall–Kier alpha value is -1.73. The highest BCUT2D eigenvalue weighted by molar-refractivity contribution is 7.20. The van der Waals surface area contributed by atoms with E-state index in [4.69, 9.17) is 11.6 Å². The average Bonchev–Trinajstić information content (AvgIpc) is 2.92. The van der Waals surface area contributed by atoms with E-state index in [0.29, 0.717) is 21.0 Å². The van der Waals surface area contributed by atoms with E-state index in [0.717, 1.165) is 16.9 Å². The zero-order valence-electron chi connectivity index (χ0n) is 9.47. The second kappa shape index (κ2) is 3.89. The molecule has 0 saturated carbocycles. The van der Waals surface area contributed by atoms with Crippen molar-refractivity contribution in [3.8, 4) is 0 Å². The van der Waals surface area contributed by atoms with E-state index in [1.54, 1.807) is 10.9 Å². The fourth-order valence-electron chi connectivity index (χ4n) is 1.72. The van der Waals surface area contributed by atoms with Gasteiger partial charge >= 0.3 is 5.97 Å². The van der Waals surface area contributed by atoms with Gasteiger partial charge in [0.05, 0.1) is 13.4 Å². The van der Waals surface area contributed by atoms with E-state index in [2.05, 4.69) is 19.7 Å². The minimum absolute atomic E-state index is 0.254. The minimum atomic E-state index is -0.482. The van der Waals surface area contributed by atoms with Gasteiger partial charge in [0.2, 0.25) is 5.01 Å². The molecule has 0 unspecified atom stereocenters. The third kappa shape index (κ3) is 1.48. The largest absolute Gasteiger partial charge is 0.464 e. The van der Waals surface area contributed by atoms with Crippen molar-refractivity contribution in [3.63, 3.8) is 0 Å². The number of carbonyl (C=O) groups is 1. The van der Waals surface area contributed by atoms with Gasteiger partial charge in [-0.25, -0.2) is 19.7 Å². The first-order valence-electron chi connectivity index (χ1n) is 4.97. The molecule has 0 spiro atoms. The maximum absolute atomic E-state index is 11.5. The second-order valence-electron chi connectivity index (χ2n) is 3.62. The molecule has 0 aliphatic carbocycles. The van der Waals surface area contributed by atoms with Gasteiger partial charge in [0.25, 0.3) is 0 Å². The molecule has 92 valence electrons. The number of halogens is 1. The predicted octanol–water partition coefficient (Wildman–Crippen LogP) is 2.02. The Bertz CT molecular complexity index is 779. The first-order valence-corrected chi connectivity index (χ1v) is 6.16. The molecular formula is C10H7ClN4O2S. The van der Waals surface area contributed by atoms with Gasteiger partial charge < -0.3 is 9.30 Å².